The van der Waals surface area contributed by atoms with Gasteiger partial charge in [0.1, 0.15) is 17.7 Å². The standard InChI is InChI=1S/C25H22FN5O3/c1-14(31-23(32)12-11-20(29-31)16-7-8-16)24(33)28-22-13-17(9-10-19(22)26)30-15(2)27-21-6-4-3-5-18(21)25(30)34/h3-6,9-14,16H,7-8H2,1-2H3,(H,28,33). The third-order valence-electron chi connectivity index (χ3n) is 6.00. The lowest BCUT2D eigenvalue weighted by atomic mass is 10.2. The number of halogens is 1. The molecule has 9 heteroatoms. The number of aromatic nitrogens is 4. The zero-order chi connectivity index (χ0) is 24.0. The minimum atomic E-state index is -0.957. The highest BCUT2D eigenvalue weighted by Crippen LogP contribution is 2.38. The summed E-state index contributed by atoms with van der Waals surface area (Å²) in [6, 6.07) is 13.1. The number of anilines is 1. The number of amides is 1. The van der Waals surface area contributed by atoms with Crippen molar-refractivity contribution < 1.29 is 9.18 Å². The Labute approximate surface area is 193 Å². The van der Waals surface area contributed by atoms with Crippen molar-refractivity contribution in [3.63, 3.8) is 0 Å². The average Bonchev–Trinajstić information content (AvgIpc) is 3.66. The molecule has 34 heavy (non-hydrogen) atoms. The van der Waals surface area contributed by atoms with E-state index in [1.807, 2.05) is 0 Å². The molecule has 5 rings (SSSR count). The van der Waals surface area contributed by atoms with Crippen LogP contribution >= 0.6 is 0 Å². The van der Waals surface area contributed by atoms with Crippen LogP contribution in [-0.2, 0) is 4.79 Å². The SMILES string of the molecule is Cc1nc2ccccc2c(=O)n1-c1ccc(F)c(NC(=O)C(C)n2nc(C3CC3)ccc2=O)c1. The first-order valence-corrected chi connectivity index (χ1v) is 11.0. The summed E-state index contributed by atoms with van der Waals surface area (Å²) in [6.07, 6.45) is 2.01. The Kier molecular flexibility index (Phi) is 5.31. The van der Waals surface area contributed by atoms with Crippen LogP contribution in [0.25, 0.3) is 16.6 Å². The van der Waals surface area contributed by atoms with Gasteiger partial charge in [-0.2, -0.15) is 5.10 Å². The average molecular weight is 459 g/mol. The van der Waals surface area contributed by atoms with Crippen LogP contribution in [0.2, 0.25) is 0 Å². The van der Waals surface area contributed by atoms with Gasteiger partial charge >= 0.3 is 0 Å². The zero-order valence-electron chi connectivity index (χ0n) is 18.7. The van der Waals surface area contributed by atoms with Crippen LogP contribution in [0.1, 0.15) is 43.2 Å². The van der Waals surface area contributed by atoms with Crippen molar-refractivity contribution in [3.05, 3.63) is 92.6 Å². The number of para-hydroxylation sites is 1. The van der Waals surface area contributed by atoms with Crippen LogP contribution in [0.15, 0.2) is 64.2 Å². The van der Waals surface area contributed by atoms with Gasteiger partial charge in [0.15, 0.2) is 0 Å². The molecule has 1 fully saturated rings. The Hall–Kier alpha value is -4.14. The molecule has 1 saturated carbocycles. The normalized spacial score (nSPS) is 14.2. The monoisotopic (exact) mass is 459 g/mol. The fourth-order valence-corrected chi connectivity index (χ4v) is 3.96. The van der Waals surface area contributed by atoms with Crippen LogP contribution in [-0.4, -0.2) is 25.2 Å². The molecule has 1 aliphatic rings. The zero-order valence-corrected chi connectivity index (χ0v) is 18.7. The maximum Gasteiger partial charge on any atom is 0.267 e. The van der Waals surface area contributed by atoms with E-state index >= 15 is 0 Å². The van der Waals surface area contributed by atoms with Crippen molar-refractivity contribution in [2.75, 3.05) is 5.32 Å². The Balaban J connectivity index is 1.48. The smallest absolute Gasteiger partial charge is 0.267 e. The molecule has 0 radical (unpaired) electrons. The van der Waals surface area contributed by atoms with Crippen molar-refractivity contribution >= 4 is 22.5 Å². The summed E-state index contributed by atoms with van der Waals surface area (Å²) < 4.78 is 17.1. The lowest BCUT2D eigenvalue weighted by Crippen LogP contribution is -2.33. The molecule has 1 amide bonds. The number of hydrogen-bond acceptors (Lipinski definition) is 5. The van der Waals surface area contributed by atoms with Gasteiger partial charge in [-0.15, -0.1) is 0 Å². The van der Waals surface area contributed by atoms with Crippen LogP contribution in [0.4, 0.5) is 10.1 Å². The van der Waals surface area contributed by atoms with Gasteiger partial charge in [0.25, 0.3) is 11.1 Å². The number of rotatable bonds is 5. The minimum Gasteiger partial charge on any atom is -0.322 e. The summed E-state index contributed by atoms with van der Waals surface area (Å²) in [7, 11) is 0. The molecule has 0 bridgehead atoms. The summed E-state index contributed by atoms with van der Waals surface area (Å²) in [5.74, 6) is -0.531. The Bertz CT molecular complexity index is 1550. The van der Waals surface area contributed by atoms with E-state index in [4.69, 9.17) is 0 Å². The van der Waals surface area contributed by atoms with Gasteiger partial charge in [0, 0.05) is 12.0 Å². The highest BCUT2D eigenvalue weighted by atomic mass is 19.1. The second kappa shape index (κ2) is 8.33. The third kappa shape index (κ3) is 3.89. The van der Waals surface area contributed by atoms with Gasteiger partial charge in [-0.1, -0.05) is 12.1 Å². The lowest BCUT2D eigenvalue weighted by molar-refractivity contribution is -0.119. The molecule has 1 aliphatic carbocycles. The number of nitrogens with zero attached hydrogens (tertiary/aromatic N) is 4. The van der Waals surface area contributed by atoms with Crippen LogP contribution < -0.4 is 16.4 Å². The van der Waals surface area contributed by atoms with E-state index in [1.54, 1.807) is 37.3 Å². The van der Waals surface area contributed by atoms with Crippen molar-refractivity contribution in [1.29, 1.82) is 0 Å². The molecule has 1 unspecified atom stereocenters. The summed E-state index contributed by atoms with van der Waals surface area (Å²) in [6.45, 7) is 3.21. The van der Waals surface area contributed by atoms with Gasteiger partial charge in [-0.05, 0) is 63.1 Å². The first-order valence-electron chi connectivity index (χ1n) is 11.0. The quantitative estimate of drug-likeness (QED) is 0.493. The van der Waals surface area contributed by atoms with E-state index < -0.39 is 23.3 Å². The molecular weight excluding hydrogens is 437 g/mol. The molecule has 2 aromatic carbocycles. The van der Waals surface area contributed by atoms with E-state index in [1.165, 1.54) is 35.8 Å². The van der Waals surface area contributed by atoms with E-state index in [0.717, 1.165) is 23.2 Å². The molecule has 0 aliphatic heterocycles. The summed E-state index contributed by atoms with van der Waals surface area (Å²) >= 11 is 0. The van der Waals surface area contributed by atoms with Crippen LogP contribution in [0.5, 0.6) is 0 Å². The molecule has 8 nitrogen and oxygen atoms in total. The van der Waals surface area contributed by atoms with Gasteiger partial charge in [-0.3, -0.25) is 19.0 Å². The van der Waals surface area contributed by atoms with Gasteiger partial charge in [0.05, 0.1) is 28.0 Å². The predicted octanol–water partition coefficient (Wildman–Crippen LogP) is 3.47. The number of fused-ring (bicyclic) bond motifs is 1. The molecule has 1 atom stereocenters. The van der Waals surface area contributed by atoms with E-state index in [0.29, 0.717) is 28.3 Å². The van der Waals surface area contributed by atoms with Crippen molar-refractivity contribution in [3.8, 4) is 5.69 Å². The Morgan fingerprint density at radius 2 is 1.88 bits per heavy atom. The van der Waals surface area contributed by atoms with Gasteiger partial charge in [-0.25, -0.2) is 14.1 Å². The highest BCUT2D eigenvalue weighted by Gasteiger charge is 2.27. The largest absolute Gasteiger partial charge is 0.322 e. The molecule has 0 saturated heterocycles. The fraction of sp³-hybridized carbons (Fsp3) is 0.240. The van der Waals surface area contributed by atoms with E-state index in [-0.39, 0.29) is 11.2 Å². The molecule has 4 aromatic rings. The summed E-state index contributed by atoms with van der Waals surface area (Å²) in [4.78, 5) is 42.8. The first kappa shape index (κ1) is 21.7. The van der Waals surface area contributed by atoms with Crippen molar-refractivity contribution in [2.24, 2.45) is 0 Å². The van der Waals surface area contributed by atoms with E-state index in [9.17, 15) is 18.8 Å². The predicted molar refractivity (Wildman–Crippen MR) is 126 cm³/mol. The van der Waals surface area contributed by atoms with E-state index in [2.05, 4.69) is 15.4 Å². The number of carbonyl (C=O) groups excluding carboxylic acids is 1. The topological polar surface area (TPSA) is 98.9 Å². The molecule has 172 valence electrons. The summed E-state index contributed by atoms with van der Waals surface area (Å²) in [5.41, 5.74) is 0.873. The number of benzene rings is 2. The molecule has 1 N–H and O–H groups in total. The highest BCUT2D eigenvalue weighted by molar-refractivity contribution is 5.93. The maximum absolute atomic E-state index is 14.6. The number of nitrogens with one attached hydrogen (secondary N) is 1. The van der Waals surface area contributed by atoms with Gasteiger partial charge < -0.3 is 5.32 Å². The van der Waals surface area contributed by atoms with Crippen LogP contribution in [0.3, 0.4) is 0 Å². The molecular formula is C25H22FN5O3. The number of carbonyl (C=O) groups is 1. The molecule has 2 aromatic heterocycles. The third-order valence-corrected chi connectivity index (χ3v) is 6.00. The fourth-order valence-electron chi connectivity index (χ4n) is 3.96. The Morgan fingerprint density at radius 3 is 2.65 bits per heavy atom. The first-order chi connectivity index (χ1) is 16.3. The maximum atomic E-state index is 14.6. The number of hydrogen-bond donors (Lipinski definition) is 1. The van der Waals surface area contributed by atoms with Crippen molar-refractivity contribution in [2.45, 2.75) is 38.6 Å². The lowest BCUT2D eigenvalue weighted by Gasteiger charge is -2.16. The molecule has 0 spiro atoms. The second-order valence-electron chi connectivity index (χ2n) is 8.46. The Morgan fingerprint density at radius 1 is 1.12 bits per heavy atom. The van der Waals surface area contributed by atoms with Gasteiger partial charge in [0.2, 0.25) is 5.91 Å². The number of aryl methyl sites for hydroxylation is 1. The molecule has 2 heterocycles. The summed E-state index contributed by atoms with van der Waals surface area (Å²) in [5, 5.41) is 7.30. The van der Waals surface area contributed by atoms with Crippen LogP contribution in [0, 0.1) is 12.7 Å². The second-order valence-corrected chi connectivity index (χ2v) is 8.46. The van der Waals surface area contributed by atoms with Crippen molar-refractivity contribution in [1.82, 2.24) is 19.3 Å². The minimum absolute atomic E-state index is 0.111.